The van der Waals surface area contributed by atoms with Gasteiger partial charge in [-0.25, -0.2) is 4.98 Å². The Bertz CT molecular complexity index is 862. The lowest BCUT2D eigenvalue weighted by Crippen LogP contribution is -2.26. The molecule has 0 saturated heterocycles. The molecule has 0 atom stereocenters. The summed E-state index contributed by atoms with van der Waals surface area (Å²) in [6.07, 6.45) is 1.75. The second kappa shape index (κ2) is 7.51. The van der Waals surface area contributed by atoms with Crippen LogP contribution in [0.2, 0.25) is 0 Å². The minimum Gasteiger partial charge on any atom is -0.352 e. The maximum Gasteiger partial charge on any atom is 0.251 e. The third-order valence-electron chi connectivity index (χ3n) is 4.37. The zero-order valence-electron chi connectivity index (χ0n) is 15.1. The standard InChI is InChI=1S/C21H25N3O/c1-15(2)14-16-8-10-17(11-9-16)21(25)22-13-12-20-23-18-6-4-5-7-19(18)24(20)3/h4-11,15H,12-14H2,1-3H3,(H,22,25). The summed E-state index contributed by atoms with van der Waals surface area (Å²) in [5.74, 6) is 1.57. The van der Waals surface area contributed by atoms with Gasteiger partial charge in [-0.1, -0.05) is 38.1 Å². The number of fused-ring (bicyclic) bond motifs is 1. The number of carbonyl (C=O) groups excluding carboxylic acids is 1. The lowest BCUT2D eigenvalue weighted by Gasteiger charge is -2.08. The molecule has 4 heteroatoms. The first-order chi connectivity index (χ1) is 12.0. The number of amides is 1. The van der Waals surface area contributed by atoms with E-state index in [4.69, 9.17) is 0 Å². The molecule has 130 valence electrons. The van der Waals surface area contributed by atoms with Gasteiger partial charge >= 0.3 is 0 Å². The van der Waals surface area contributed by atoms with E-state index in [1.165, 1.54) is 5.56 Å². The van der Waals surface area contributed by atoms with Crippen LogP contribution in [-0.2, 0) is 19.9 Å². The van der Waals surface area contributed by atoms with E-state index >= 15 is 0 Å². The Labute approximate surface area is 148 Å². The minimum atomic E-state index is -0.0325. The van der Waals surface area contributed by atoms with Gasteiger partial charge in [-0.2, -0.15) is 0 Å². The van der Waals surface area contributed by atoms with Crippen molar-refractivity contribution in [3.05, 3.63) is 65.5 Å². The number of nitrogens with zero attached hydrogens (tertiary/aromatic N) is 2. The van der Waals surface area contributed by atoms with Crippen molar-refractivity contribution in [2.45, 2.75) is 26.7 Å². The number of nitrogens with one attached hydrogen (secondary N) is 1. The van der Waals surface area contributed by atoms with Crippen LogP contribution >= 0.6 is 0 Å². The lowest BCUT2D eigenvalue weighted by atomic mass is 10.0. The highest BCUT2D eigenvalue weighted by molar-refractivity contribution is 5.94. The Balaban J connectivity index is 1.57. The van der Waals surface area contributed by atoms with E-state index < -0.39 is 0 Å². The van der Waals surface area contributed by atoms with Crippen molar-refractivity contribution in [1.29, 1.82) is 0 Å². The molecule has 0 bridgehead atoms. The van der Waals surface area contributed by atoms with Crippen LogP contribution in [0.5, 0.6) is 0 Å². The third-order valence-corrected chi connectivity index (χ3v) is 4.37. The number of para-hydroxylation sites is 2. The van der Waals surface area contributed by atoms with E-state index in [1.807, 2.05) is 49.5 Å². The average molecular weight is 335 g/mol. The highest BCUT2D eigenvalue weighted by atomic mass is 16.1. The Morgan fingerprint density at radius 2 is 1.84 bits per heavy atom. The van der Waals surface area contributed by atoms with Gasteiger partial charge < -0.3 is 9.88 Å². The van der Waals surface area contributed by atoms with Crippen LogP contribution in [0, 0.1) is 5.92 Å². The summed E-state index contributed by atoms with van der Waals surface area (Å²) in [5, 5.41) is 2.99. The van der Waals surface area contributed by atoms with Crippen LogP contribution in [0.3, 0.4) is 0 Å². The second-order valence-electron chi connectivity index (χ2n) is 6.88. The molecule has 25 heavy (non-hydrogen) atoms. The highest BCUT2D eigenvalue weighted by Gasteiger charge is 2.09. The molecular weight excluding hydrogens is 310 g/mol. The quantitative estimate of drug-likeness (QED) is 0.746. The molecular formula is C21H25N3O. The molecule has 1 heterocycles. The number of imidazole rings is 1. The van der Waals surface area contributed by atoms with E-state index in [0.717, 1.165) is 23.3 Å². The van der Waals surface area contributed by atoms with Crippen molar-refractivity contribution in [1.82, 2.24) is 14.9 Å². The predicted molar refractivity (Wildman–Crippen MR) is 102 cm³/mol. The topological polar surface area (TPSA) is 46.9 Å². The molecule has 1 amide bonds. The summed E-state index contributed by atoms with van der Waals surface area (Å²) in [4.78, 5) is 16.9. The van der Waals surface area contributed by atoms with Crippen LogP contribution < -0.4 is 5.32 Å². The monoisotopic (exact) mass is 335 g/mol. The van der Waals surface area contributed by atoms with Gasteiger partial charge in [0.1, 0.15) is 5.82 Å². The average Bonchev–Trinajstić information content (AvgIpc) is 2.91. The van der Waals surface area contributed by atoms with Crippen LogP contribution in [0.25, 0.3) is 11.0 Å². The maximum atomic E-state index is 12.3. The SMILES string of the molecule is CC(C)Cc1ccc(C(=O)NCCc2nc3ccccc3n2C)cc1. The van der Waals surface area contributed by atoms with Gasteiger partial charge in [-0.05, 0) is 42.2 Å². The van der Waals surface area contributed by atoms with Crippen molar-refractivity contribution in [2.24, 2.45) is 13.0 Å². The summed E-state index contributed by atoms with van der Waals surface area (Å²) >= 11 is 0. The summed E-state index contributed by atoms with van der Waals surface area (Å²) < 4.78 is 2.09. The molecule has 4 nitrogen and oxygen atoms in total. The van der Waals surface area contributed by atoms with Gasteiger partial charge in [0.25, 0.3) is 5.91 Å². The number of aryl methyl sites for hydroxylation is 1. The molecule has 0 saturated carbocycles. The van der Waals surface area contributed by atoms with Gasteiger partial charge in [0.2, 0.25) is 0 Å². The summed E-state index contributed by atoms with van der Waals surface area (Å²) in [7, 11) is 2.01. The Hall–Kier alpha value is -2.62. The smallest absolute Gasteiger partial charge is 0.251 e. The van der Waals surface area contributed by atoms with Gasteiger partial charge in [0.15, 0.2) is 0 Å². The number of benzene rings is 2. The van der Waals surface area contributed by atoms with Crippen molar-refractivity contribution in [2.75, 3.05) is 6.54 Å². The number of hydrogen-bond donors (Lipinski definition) is 1. The zero-order valence-corrected chi connectivity index (χ0v) is 15.1. The Morgan fingerprint density at radius 3 is 2.52 bits per heavy atom. The fourth-order valence-electron chi connectivity index (χ4n) is 3.07. The van der Waals surface area contributed by atoms with E-state index in [-0.39, 0.29) is 5.91 Å². The molecule has 2 aromatic carbocycles. The largest absolute Gasteiger partial charge is 0.352 e. The Morgan fingerprint density at radius 1 is 1.12 bits per heavy atom. The first-order valence-electron chi connectivity index (χ1n) is 8.82. The number of aromatic nitrogens is 2. The number of rotatable bonds is 6. The normalized spacial score (nSPS) is 11.2. The zero-order chi connectivity index (χ0) is 17.8. The molecule has 3 rings (SSSR count). The minimum absolute atomic E-state index is 0.0325. The van der Waals surface area contributed by atoms with Crippen molar-refractivity contribution >= 4 is 16.9 Å². The maximum absolute atomic E-state index is 12.3. The van der Waals surface area contributed by atoms with E-state index in [1.54, 1.807) is 0 Å². The fraction of sp³-hybridized carbons (Fsp3) is 0.333. The Kier molecular flexibility index (Phi) is 5.17. The van der Waals surface area contributed by atoms with E-state index in [2.05, 4.69) is 34.8 Å². The van der Waals surface area contributed by atoms with Gasteiger partial charge in [0.05, 0.1) is 11.0 Å². The first-order valence-corrected chi connectivity index (χ1v) is 8.82. The van der Waals surface area contributed by atoms with Gasteiger partial charge in [0, 0.05) is 25.6 Å². The first kappa shape index (κ1) is 17.2. The number of carbonyl (C=O) groups is 1. The molecule has 1 aromatic heterocycles. The van der Waals surface area contributed by atoms with Crippen molar-refractivity contribution in [3.63, 3.8) is 0 Å². The second-order valence-corrected chi connectivity index (χ2v) is 6.88. The third kappa shape index (κ3) is 4.08. The molecule has 3 aromatic rings. The molecule has 0 spiro atoms. The van der Waals surface area contributed by atoms with Gasteiger partial charge in [-0.15, -0.1) is 0 Å². The van der Waals surface area contributed by atoms with Crippen molar-refractivity contribution in [3.8, 4) is 0 Å². The highest BCUT2D eigenvalue weighted by Crippen LogP contribution is 2.14. The summed E-state index contributed by atoms with van der Waals surface area (Å²) in [5.41, 5.74) is 4.08. The van der Waals surface area contributed by atoms with Crippen LogP contribution in [-0.4, -0.2) is 22.0 Å². The predicted octanol–water partition coefficient (Wildman–Crippen LogP) is 3.74. The van der Waals surface area contributed by atoms with E-state index in [0.29, 0.717) is 24.4 Å². The van der Waals surface area contributed by atoms with Gasteiger partial charge in [-0.3, -0.25) is 4.79 Å². The lowest BCUT2D eigenvalue weighted by molar-refractivity contribution is 0.0954. The molecule has 0 aliphatic heterocycles. The number of hydrogen-bond acceptors (Lipinski definition) is 2. The van der Waals surface area contributed by atoms with E-state index in [9.17, 15) is 4.79 Å². The van der Waals surface area contributed by atoms with Crippen LogP contribution in [0.4, 0.5) is 0 Å². The summed E-state index contributed by atoms with van der Waals surface area (Å²) in [6.45, 7) is 4.97. The molecule has 0 aliphatic carbocycles. The molecule has 0 radical (unpaired) electrons. The van der Waals surface area contributed by atoms with Crippen LogP contribution in [0.15, 0.2) is 48.5 Å². The molecule has 0 fully saturated rings. The van der Waals surface area contributed by atoms with Crippen molar-refractivity contribution < 1.29 is 4.79 Å². The summed E-state index contributed by atoms with van der Waals surface area (Å²) in [6, 6.07) is 16.0. The molecule has 0 unspecified atom stereocenters. The van der Waals surface area contributed by atoms with Crippen LogP contribution in [0.1, 0.15) is 35.6 Å². The fourth-order valence-corrected chi connectivity index (χ4v) is 3.07. The molecule has 0 aliphatic rings. The molecule has 1 N–H and O–H groups in total.